The molecule has 1 aliphatic rings. The van der Waals surface area contributed by atoms with E-state index in [1.807, 2.05) is 6.07 Å². The van der Waals surface area contributed by atoms with Crippen molar-refractivity contribution < 1.29 is 4.79 Å². The predicted octanol–water partition coefficient (Wildman–Crippen LogP) is 2.25. The van der Waals surface area contributed by atoms with Gasteiger partial charge in [-0.3, -0.25) is 4.79 Å². The van der Waals surface area contributed by atoms with Gasteiger partial charge in [0.25, 0.3) is 0 Å². The van der Waals surface area contributed by atoms with E-state index in [2.05, 4.69) is 17.5 Å². The zero-order valence-corrected chi connectivity index (χ0v) is 10.2. The van der Waals surface area contributed by atoms with E-state index >= 15 is 0 Å². The lowest BCUT2D eigenvalue weighted by molar-refractivity contribution is 0.100. The van der Waals surface area contributed by atoms with Gasteiger partial charge in [0.1, 0.15) is 0 Å². The van der Waals surface area contributed by atoms with E-state index in [0.29, 0.717) is 23.2 Å². The molecule has 3 nitrogen and oxygen atoms in total. The van der Waals surface area contributed by atoms with Crippen LogP contribution in [0.2, 0.25) is 5.02 Å². The van der Waals surface area contributed by atoms with Crippen LogP contribution in [-0.4, -0.2) is 11.9 Å². The Bertz CT molecular complexity index is 449. The summed E-state index contributed by atoms with van der Waals surface area (Å²) in [5.41, 5.74) is 6.62. The van der Waals surface area contributed by atoms with Gasteiger partial charge in [-0.1, -0.05) is 29.8 Å². The largest absolute Gasteiger partial charge is 0.366 e. The quantitative estimate of drug-likeness (QED) is 0.806. The average molecular weight is 251 g/mol. The summed E-state index contributed by atoms with van der Waals surface area (Å²) in [6.45, 7) is 0.713. The van der Waals surface area contributed by atoms with Crippen molar-refractivity contribution in [2.24, 2.45) is 5.73 Å². The van der Waals surface area contributed by atoms with Gasteiger partial charge in [-0.2, -0.15) is 0 Å². The molecule has 0 aromatic heterocycles. The second-order valence-electron chi connectivity index (χ2n) is 4.19. The third-order valence-electron chi connectivity index (χ3n) is 2.93. The fourth-order valence-electron chi connectivity index (χ4n) is 1.88. The summed E-state index contributed by atoms with van der Waals surface area (Å²) in [6, 6.07) is 5.67. The highest BCUT2D eigenvalue weighted by Gasteiger charge is 2.10. The van der Waals surface area contributed by atoms with Gasteiger partial charge in [-0.15, -0.1) is 0 Å². The third-order valence-corrected chi connectivity index (χ3v) is 3.28. The van der Waals surface area contributed by atoms with E-state index in [4.69, 9.17) is 17.3 Å². The van der Waals surface area contributed by atoms with E-state index < -0.39 is 5.91 Å². The number of hydrogen-bond acceptors (Lipinski definition) is 2. The molecule has 1 aromatic rings. The van der Waals surface area contributed by atoms with Crippen molar-refractivity contribution in [1.29, 1.82) is 0 Å². The number of nitrogens with one attached hydrogen (secondary N) is 1. The summed E-state index contributed by atoms with van der Waals surface area (Å²) >= 11 is 6.10. The van der Waals surface area contributed by atoms with E-state index in [1.54, 1.807) is 12.1 Å². The molecule has 1 aliphatic carbocycles. The Morgan fingerprint density at radius 2 is 2.12 bits per heavy atom. The maximum atomic E-state index is 11.0. The van der Waals surface area contributed by atoms with Gasteiger partial charge in [0.05, 0.1) is 0 Å². The molecule has 0 fully saturated rings. The fraction of sp³-hybridized carbons (Fsp3) is 0.308. The molecule has 1 aromatic carbocycles. The number of nitrogens with two attached hydrogens (primary N) is 1. The lowest BCUT2D eigenvalue weighted by atomic mass is 10.1. The Kier molecular flexibility index (Phi) is 3.82. The molecule has 0 aliphatic heterocycles. The Balaban J connectivity index is 1.98. The Labute approximate surface area is 106 Å². The highest BCUT2D eigenvalue weighted by molar-refractivity contribution is 6.31. The van der Waals surface area contributed by atoms with Crippen LogP contribution in [0.25, 0.3) is 0 Å². The van der Waals surface area contributed by atoms with Gasteiger partial charge >= 0.3 is 0 Å². The molecular weight excluding hydrogens is 236 g/mol. The summed E-state index contributed by atoms with van der Waals surface area (Å²) in [4.78, 5) is 11.0. The number of amides is 1. The second kappa shape index (κ2) is 5.34. The highest BCUT2D eigenvalue weighted by atomic mass is 35.5. The van der Waals surface area contributed by atoms with E-state index in [1.165, 1.54) is 0 Å². The summed E-state index contributed by atoms with van der Waals surface area (Å²) < 4.78 is 0. The third kappa shape index (κ3) is 3.08. The predicted molar refractivity (Wildman–Crippen MR) is 69.0 cm³/mol. The van der Waals surface area contributed by atoms with Crippen LogP contribution >= 0.6 is 11.6 Å². The van der Waals surface area contributed by atoms with Gasteiger partial charge in [-0.05, 0) is 30.5 Å². The maximum absolute atomic E-state index is 11.0. The van der Waals surface area contributed by atoms with Crippen molar-refractivity contribution in [3.8, 4) is 0 Å². The van der Waals surface area contributed by atoms with Crippen LogP contribution in [0.3, 0.4) is 0 Å². The van der Waals surface area contributed by atoms with E-state index in [0.717, 1.165) is 18.4 Å². The van der Waals surface area contributed by atoms with Gasteiger partial charge < -0.3 is 11.1 Å². The number of rotatable bonds is 4. The molecular formula is C13H15ClN2O. The molecule has 0 bridgehead atoms. The van der Waals surface area contributed by atoms with Gasteiger partial charge in [-0.25, -0.2) is 0 Å². The fourth-order valence-corrected chi connectivity index (χ4v) is 2.13. The molecule has 0 unspecified atom stereocenters. The molecule has 17 heavy (non-hydrogen) atoms. The van der Waals surface area contributed by atoms with Crippen molar-refractivity contribution in [1.82, 2.24) is 5.32 Å². The molecule has 0 atom stereocenters. The van der Waals surface area contributed by atoms with Crippen LogP contribution in [0, 0.1) is 0 Å². The first-order chi connectivity index (χ1) is 8.16. The average Bonchev–Trinajstić information content (AvgIpc) is 2.80. The maximum Gasteiger partial charge on any atom is 0.248 e. The van der Waals surface area contributed by atoms with Crippen LogP contribution in [0.1, 0.15) is 28.8 Å². The SMILES string of the molecule is NC(=O)c1ccc(CNC2CC=CC2)c(Cl)c1. The number of primary amides is 1. The Hall–Kier alpha value is -1.32. The smallest absolute Gasteiger partial charge is 0.248 e. The summed E-state index contributed by atoms with van der Waals surface area (Å²) in [5, 5.41) is 4.01. The zero-order chi connectivity index (χ0) is 12.3. The van der Waals surface area contributed by atoms with Crippen molar-refractivity contribution in [3.05, 3.63) is 46.5 Å². The van der Waals surface area contributed by atoms with E-state index in [-0.39, 0.29) is 0 Å². The Morgan fingerprint density at radius 3 is 2.71 bits per heavy atom. The lowest BCUT2D eigenvalue weighted by Gasteiger charge is -2.13. The summed E-state index contributed by atoms with van der Waals surface area (Å²) in [5.74, 6) is -0.452. The second-order valence-corrected chi connectivity index (χ2v) is 4.60. The molecule has 4 heteroatoms. The number of hydrogen-bond donors (Lipinski definition) is 2. The molecule has 3 N–H and O–H groups in total. The molecule has 90 valence electrons. The molecule has 0 spiro atoms. The minimum absolute atomic E-state index is 0.446. The number of carbonyl (C=O) groups excluding carboxylic acids is 1. The number of halogens is 1. The van der Waals surface area contributed by atoms with E-state index in [9.17, 15) is 4.79 Å². The number of benzene rings is 1. The highest BCUT2D eigenvalue weighted by Crippen LogP contribution is 2.19. The van der Waals surface area contributed by atoms with Gasteiger partial charge in [0.2, 0.25) is 5.91 Å². The molecule has 1 amide bonds. The molecule has 2 rings (SSSR count). The monoisotopic (exact) mass is 250 g/mol. The standard InChI is InChI=1S/C13H15ClN2O/c14-12-7-9(13(15)17)5-6-10(12)8-16-11-3-1-2-4-11/h1-2,5-7,11,16H,3-4,8H2,(H2,15,17). The molecule has 0 saturated heterocycles. The van der Waals surface area contributed by atoms with Crippen molar-refractivity contribution >= 4 is 17.5 Å². The topological polar surface area (TPSA) is 55.1 Å². The first kappa shape index (κ1) is 12.1. The summed E-state index contributed by atoms with van der Waals surface area (Å²) in [6.07, 6.45) is 6.49. The van der Waals surface area contributed by atoms with Gasteiger partial charge in [0, 0.05) is 23.2 Å². The number of carbonyl (C=O) groups is 1. The minimum Gasteiger partial charge on any atom is -0.366 e. The van der Waals surface area contributed by atoms with Crippen molar-refractivity contribution in [2.75, 3.05) is 0 Å². The molecule has 0 radical (unpaired) electrons. The van der Waals surface area contributed by atoms with Crippen LogP contribution < -0.4 is 11.1 Å². The van der Waals surface area contributed by atoms with Crippen molar-refractivity contribution in [2.45, 2.75) is 25.4 Å². The normalized spacial score (nSPS) is 15.4. The minimum atomic E-state index is -0.452. The summed E-state index contributed by atoms with van der Waals surface area (Å²) in [7, 11) is 0. The van der Waals surface area contributed by atoms with Crippen LogP contribution in [-0.2, 0) is 6.54 Å². The van der Waals surface area contributed by atoms with Crippen molar-refractivity contribution in [3.63, 3.8) is 0 Å². The first-order valence-electron chi connectivity index (χ1n) is 5.63. The van der Waals surface area contributed by atoms with Crippen LogP contribution in [0.15, 0.2) is 30.4 Å². The van der Waals surface area contributed by atoms with Crippen LogP contribution in [0.5, 0.6) is 0 Å². The Morgan fingerprint density at radius 1 is 1.41 bits per heavy atom. The van der Waals surface area contributed by atoms with Crippen LogP contribution in [0.4, 0.5) is 0 Å². The molecule has 0 saturated carbocycles. The molecule has 0 heterocycles. The van der Waals surface area contributed by atoms with Gasteiger partial charge in [0.15, 0.2) is 0 Å². The zero-order valence-electron chi connectivity index (χ0n) is 9.45. The first-order valence-corrected chi connectivity index (χ1v) is 6.01. The lowest BCUT2D eigenvalue weighted by Crippen LogP contribution is -2.25.